The standard InChI is InChI=1S/C19H21BrN2O/c1-13-6-3-4-7-16(13)18-8-5-11-22(18)19(23)21-17-10-9-15(20)12-14(17)2/h3-4,6-7,9-10,12,18H,5,8,11H2,1-2H3,(H,21,23). The van der Waals surface area contributed by atoms with Crippen molar-refractivity contribution >= 4 is 27.6 Å². The summed E-state index contributed by atoms with van der Waals surface area (Å²) in [6.45, 7) is 4.92. The molecule has 0 bridgehead atoms. The van der Waals surface area contributed by atoms with E-state index in [4.69, 9.17) is 0 Å². The van der Waals surface area contributed by atoms with Gasteiger partial charge >= 0.3 is 6.03 Å². The van der Waals surface area contributed by atoms with E-state index < -0.39 is 0 Å². The predicted octanol–water partition coefficient (Wildman–Crippen LogP) is 5.43. The van der Waals surface area contributed by atoms with Gasteiger partial charge < -0.3 is 10.2 Å². The summed E-state index contributed by atoms with van der Waals surface area (Å²) in [5.41, 5.74) is 4.43. The molecule has 4 heteroatoms. The minimum absolute atomic E-state index is 0.0128. The average molecular weight is 373 g/mol. The molecule has 2 aromatic rings. The van der Waals surface area contributed by atoms with Gasteiger partial charge in [-0.2, -0.15) is 0 Å². The largest absolute Gasteiger partial charge is 0.322 e. The third-order valence-corrected chi connectivity index (χ3v) is 4.98. The van der Waals surface area contributed by atoms with Gasteiger partial charge in [0.1, 0.15) is 0 Å². The highest BCUT2D eigenvalue weighted by Gasteiger charge is 2.30. The molecule has 2 amide bonds. The lowest BCUT2D eigenvalue weighted by Crippen LogP contribution is -2.34. The molecule has 0 aliphatic carbocycles. The Morgan fingerprint density at radius 1 is 1.17 bits per heavy atom. The second-order valence-electron chi connectivity index (χ2n) is 6.10. The number of nitrogens with one attached hydrogen (secondary N) is 1. The van der Waals surface area contributed by atoms with Crippen molar-refractivity contribution in [1.82, 2.24) is 4.90 Å². The number of rotatable bonds is 2. The Balaban J connectivity index is 1.80. The molecule has 120 valence electrons. The number of aryl methyl sites for hydroxylation is 2. The van der Waals surface area contributed by atoms with Gasteiger partial charge in [0, 0.05) is 16.7 Å². The van der Waals surface area contributed by atoms with Crippen molar-refractivity contribution in [3.8, 4) is 0 Å². The van der Waals surface area contributed by atoms with Crippen LogP contribution < -0.4 is 5.32 Å². The number of carbonyl (C=O) groups is 1. The summed E-state index contributed by atoms with van der Waals surface area (Å²) in [7, 11) is 0. The molecule has 1 aliphatic rings. The molecule has 0 saturated carbocycles. The molecule has 0 radical (unpaired) electrons. The van der Waals surface area contributed by atoms with Crippen molar-refractivity contribution in [1.29, 1.82) is 0 Å². The Morgan fingerprint density at radius 3 is 2.70 bits per heavy atom. The summed E-state index contributed by atoms with van der Waals surface area (Å²) < 4.78 is 1.02. The first-order chi connectivity index (χ1) is 11.1. The number of hydrogen-bond acceptors (Lipinski definition) is 1. The van der Waals surface area contributed by atoms with E-state index in [2.05, 4.69) is 46.4 Å². The van der Waals surface area contributed by atoms with E-state index in [0.717, 1.165) is 35.1 Å². The smallest absolute Gasteiger partial charge is 0.317 e. The molecule has 0 spiro atoms. The highest BCUT2D eigenvalue weighted by Crippen LogP contribution is 2.34. The van der Waals surface area contributed by atoms with E-state index in [0.29, 0.717) is 0 Å². The zero-order valence-electron chi connectivity index (χ0n) is 13.5. The van der Waals surface area contributed by atoms with Crippen LogP contribution in [0.2, 0.25) is 0 Å². The molecular formula is C19H21BrN2O. The number of benzene rings is 2. The van der Waals surface area contributed by atoms with E-state index in [1.165, 1.54) is 11.1 Å². The van der Waals surface area contributed by atoms with Crippen LogP contribution in [0, 0.1) is 13.8 Å². The molecule has 1 saturated heterocycles. The van der Waals surface area contributed by atoms with Crippen LogP contribution in [0.25, 0.3) is 0 Å². The fraction of sp³-hybridized carbons (Fsp3) is 0.316. The first-order valence-corrected chi connectivity index (χ1v) is 8.75. The van der Waals surface area contributed by atoms with E-state index in [1.54, 1.807) is 0 Å². The second-order valence-corrected chi connectivity index (χ2v) is 7.01. The summed E-state index contributed by atoms with van der Waals surface area (Å²) in [5, 5.41) is 3.06. The number of carbonyl (C=O) groups excluding carboxylic acids is 1. The fourth-order valence-electron chi connectivity index (χ4n) is 3.25. The van der Waals surface area contributed by atoms with Gasteiger partial charge in [0.2, 0.25) is 0 Å². The third kappa shape index (κ3) is 3.42. The van der Waals surface area contributed by atoms with Gasteiger partial charge in [-0.1, -0.05) is 40.2 Å². The zero-order chi connectivity index (χ0) is 16.4. The lowest BCUT2D eigenvalue weighted by atomic mass is 9.99. The molecule has 1 atom stereocenters. The Kier molecular flexibility index (Phi) is 4.71. The molecular weight excluding hydrogens is 352 g/mol. The number of hydrogen-bond donors (Lipinski definition) is 1. The molecule has 1 aliphatic heterocycles. The minimum Gasteiger partial charge on any atom is -0.317 e. The molecule has 1 N–H and O–H groups in total. The molecule has 3 rings (SSSR count). The van der Waals surface area contributed by atoms with E-state index in [-0.39, 0.29) is 12.1 Å². The number of urea groups is 1. The minimum atomic E-state index is -0.0128. The summed E-state index contributed by atoms with van der Waals surface area (Å²) in [5.74, 6) is 0. The Labute approximate surface area is 145 Å². The topological polar surface area (TPSA) is 32.3 Å². The average Bonchev–Trinajstić information content (AvgIpc) is 3.00. The highest BCUT2D eigenvalue weighted by molar-refractivity contribution is 9.10. The summed E-state index contributed by atoms with van der Waals surface area (Å²) in [6, 6.07) is 14.4. The SMILES string of the molecule is Cc1cc(Br)ccc1NC(=O)N1CCCC1c1ccccc1C. The highest BCUT2D eigenvalue weighted by atomic mass is 79.9. The van der Waals surface area contributed by atoms with Crippen LogP contribution in [-0.4, -0.2) is 17.5 Å². The van der Waals surface area contributed by atoms with Crippen LogP contribution in [0.15, 0.2) is 46.9 Å². The Hall–Kier alpha value is -1.81. The number of nitrogens with zero attached hydrogens (tertiary/aromatic N) is 1. The maximum absolute atomic E-state index is 12.8. The van der Waals surface area contributed by atoms with Crippen molar-refractivity contribution in [3.63, 3.8) is 0 Å². The van der Waals surface area contributed by atoms with Gasteiger partial charge in [-0.05, 0) is 61.6 Å². The summed E-state index contributed by atoms with van der Waals surface area (Å²) in [6.07, 6.45) is 2.07. The van der Waals surface area contributed by atoms with Crippen molar-refractivity contribution in [2.75, 3.05) is 11.9 Å². The Bertz CT molecular complexity index is 729. The monoisotopic (exact) mass is 372 g/mol. The van der Waals surface area contributed by atoms with Crippen LogP contribution in [0.1, 0.15) is 35.6 Å². The molecule has 1 fully saturated rings. The molecule has 1 unspecified atom stereocenters. The summed E-state index contributed by atoms with van der Waals surface area (Å²) in [4.78, 5) is 14.7. The van der Waals surface area contributed by atoms with Gasteiger partial charge in [0.15, 0.2) is 0 Å². The van der Waals surface area contributed by atoms with Crippen LogP contribution in [0.4, 0.5) is 10.5 Å². The number of halogens is 1. The normalized spacial score (nSPS) is 17.3. The first-order valence-electron chi connectivity index (χ1n) is 7.95. The quantitative estimate of drug-likeness (QED) is 0.748. The van der Waals surface area contributed by atoms with Crippen LogP contribution in [-0.2, 0) is 0 Å². The third-order valence-electron chi connectivity index (χ3n) is 4.49. The molecule has 0 aromatic heterocycles. The number of anilines is 1. The lowest BCUT2D eigenvalue weighted by molar-refractivity contribution is 0.207. The van der Waals surface area contributed by atoms with Crippen LogP contribution in [0.3, 0.4) is 0 Å². The Morgan fingerprint density at radius 2 is 1.96 bits per heavy atom. The van der Waals surface area contributed by atoms with E-state index in [1.807, 2.05) is 36.1 Å². The maximum Gasteiger partial charge on any atom is 0.322 e. The van der Waals surface area contributed by atoms with Crippen molar-refractivity contribution < 1.29 is 4.79 Å². The van der Waals surface area contributed by atoms with Gasteiger partial charge in [0.05, 0.1) is 6.04 Å². The zero-order valence-corrected chi connectivity index (χ0v) is 15.1. The van der Waals surface area contributed by atoms with Crippen molar-refractivity contribution in [2.24, 2.45) is 0 Å². The van der Waals surface area contributed by atoms with Crippen molar-refractivity contribution in [2.45, 2.75) is 32.7 Å². The summed E-state index contributed by atoms with van der Waals surface area (Å²) >= 11 is 3.45. The van der Waals surface area contributed by atoms with E-state index >= 15 is 0 Å². The van der Waals surface area contributed by atoms with Crippen molar-refractivity contribution in [3.05, 3.63) is 63.6 Å². The van der Waals surface area contributed by atoms with Crippen LogP contribution in [0.5, 0.6) is 0 Å². The number of likely N-dealkylation sites (tertiary alicyclic amines) is 1. The van der Waals surface area contributed by atoms with Gasteiger partial charge in [-0.15, -0.1) is 0 Å². The van der Waals surface area contributed by atoms with Gasteiger partial charge in [0.25, 0.3) is 0 Å². The second kappa shape index (κ2) is 6.75. The van der Waals surface area contributed by atoms with Gasteiger partial charge in [-0.3, -0.25) is 0 Å². The van der Waals surface area contributed by atoms with Crippen LogP contribution >= 0.6 is 15.9 Å². The fourth-order valence-corrected chi connectivity index (χ4v) is 3.72. The molecule has 3 nitrogen and oxygen atoms in total. The molecule has 1 heterocycles. The molecule has 2 aromatic carbocycles. The first kappa shape index (κ1) is 16.1. The molecule has 23 heavy (non-hydrogen) atoms. The van der Waals surface area contributed by atoms with E-state index in [9.17, 15) is 4.79 Å². The number of amides is 2. The maximum atomic E-state index is 12.8. The predicted molar refractivity (Wildman–Crippen MR) is 97.8 cm³/mol. The lowest BCUT2D eigenvalue weighted by Gasteiger charge is -2.27. The van der Waals surface area contributed by atoms with Gasteiger partial charge in [-0.25, -0.2) is 4.79 Å².